The molecule has 4 aliphatic rings. The van der Waals surface area contributed by atoms with Crippen molar-refractivity contribution in [2.75, 3.05) is 111 Å². The molecule has 1 atom stereocenters. The molecule has 0 saturated heterocycles. The molecule has 0 heterocycles. The van der Waals surface area contributed by atoms with Crippen LogP contribution in [0, 0.1) is 6.57 Å². The van der Waals surface area contributed by atoms with Crippen LogP contribution in [0.1, 0.15) is 220 Å². The van der Waals surface area contributed by atoms with Crippen molar-refractivity contribution in [1.82, 2.24) is 4.67 Å². The summed E-state index contributed by atoms with van der Waals surface area (Å²) in [5, 5.41) is 46.8. The number of halogens is 2. The van der Waals surface area contributed by atoms with E-state index in [1.165, 1.54) is 0 Å². The number of aliphatic hydroxyl groups is 3. The number of carbonyl (C=O) groups excluding carboxylic acids is 8. The second-order valence-electron chi connectivity index (χ2n) is 26.5. The molecule has 0 spiro atoms. The van der Waals surface area contributed by atoms with Gasteiger partial charge in [-0.15, -0.1) is 0 Å². The first-order valence-corrected chi connectivity index (χ1v) is 38.8. The summed E-state index contributed by atoms with van der Waals surface area (Å²) in [5.74, 6) is -1.42. The number of nitrogens with one attached hydrogen (secondary N) is 6. The Morgan fingerprint density at radius 1 is 0.358 bits per heavy atom. The van der Waals surface area contributed by atoms with Crippen LogP contribution in [0.4, 0.5) is 34.1 Å². The average Bonchev–Trinajstić information content (AvgIpc) is 0.768. The lowest BCUT2D eigenvalue weighted by molar-refractivity contribution is 0.0979. The summed E-state index contributed by atoms with van der Waals surface area (Å²) in [7, 11) is -1.29. The number of anilines is 6. The van der Waals surface area contributed by atoms with Gasteiger partial charge in [-0.25, -0.2) is 11.2 Å². The van der Waals surface area contributed by atoms with Gasteiger partial charge in [-0.05, 0) is 115 Å². The van der Waals surface area contributed by atoms with Crippen molar-refractivity contribution in [1.29, 1.82) is 0 Å². The van der Waals surface area contributed by atoms with E-state index in [-0.39, 0.29) is 99.3 Å². The van der Waals surface area contributed by atoms with Crippen molar-refractivity contribution < 1.29 is 62.7 Å². The molecule has 1 unspecified atom stereocenters. The Kier molecular flexibility index (Phi) is 31.0. The summed E-state index contributed by atoms with van der Waals surface area (Å²) in [4.78, 5) is 108. The standard InChI is InChI=1S/C30H41N4O4P.C21H24N2O3.C20H22N2O4.C14H6Cl2O2/c1-7-8-16-32-25-14-9-12-23-27(25)29(35)24-13-10-15-26(28(24)30(23)36)33-17-11-19-37-39(38-20-18-31-6)34(21(2)3)22(4)5;1-2-3-11-22-16-9-4-7-14-18(16)20(25)15-8-5-10-17(19(15)21(14)26)23-12-6-13-24;23-11-3-9-21-15-7-1-5-13-17(15)20(26)14-6-2-8-16(18(14)19(13)25)22-10-4-12-24;15-9-5-1-3-7-11(9)14(18)8-4-2-6-10(16)12(8)13(7)17/h9-10,12-15,21-22,32-33H,7-8,11,16-20H2,1-5H3;4-5,7-10,22-24H,2-3,6,11-13H2,1H3;1-2,5-8,21-24H,3-4,9-12H2;1-6H. The van der Waals surface area contributed by atoms with E-state index in [0.29, 0.717) is 178 Å². The molecule has 0 radical (unpaired) electrons. The Morgan fingerprint density at radius 3 is 0.835 bits per heavy atom. The molecule has 12 rings (SSSR count). The number of hydrogen-bond acceptors (Lipinski definition) is 20. The monoisotopic (exact) mass is 1530 g/mol. The van der Waals surface area contributed by atoms with Crippen LogP contribution >= 0.6 is 31.7 Å². The lowest BCUT2D eigenvalue weighted by Crippen LogP contribution is -2.34. The largest absolute Gasteiger partial charge is 0.396 e. The van der Waals surface area contributed by atoms with Gasteiger partial charge in [-0.2, -0.15) is 0 Å². The maximum absolute atomic E-state index is 13.6. The van der Waals surface area contributed by atoms with Crippen molar-refractivity contribution in [3.63, 3.8) is 0 Å². The molecule has 109 heavy (non-hydrogen) atoms. The topological polar surface area (TPSA) is 295 Å². The molecule has 9 N–H and O–H groups in total. The van der Waals surface area contributed by atoms with Gasteiger partial charge in [-0.3, -0.25) is 38.4 Å². The van der Waals surface area contributed by atoms with E-state index < -0.39 is 8.53 Å². The Balaban J connectivity index is 0.000000173. The summed E-state index contributed by atoms with van der Waals surface area (Å²) in [5.41, 5.74) is 10.2. The van der Waals surface area contributed by atoms with Crippen LogP contribution in [-0.4, -0.2) is 157 Å². The summed E-state index contributed by atoms with van der Waals surface area (Å²) < 4.78 is 14.3. The van der Waals surface area contributed by atoms with Crippen LogP contribution in [0.5, 0.6) is 0 Å². The van der Waals surface area contributed by atoms with Gasteiger partial charge in [0.25, 0.3) is 8.53 Å². The molecule has 4 aliphatic carbocycles. The maximum Gasteiger partial charge on any atom is 0.259 e. The van der Waals surface area contributed by atoms with Crippen molar-refractivity contribution >= 4 is 112 Å². The highest BCUT2D eigenvalue weighted by molar-refractivity contribution is 7.44. The van der Waals surface area contributed by atoms with Gasteiger partial charge >= 0.3 is 0 Å². The summed E-state index contributed by atoms with van der Waals surface area (Å²) in [6.45, 7) is 24.6. The molecule has 8 aromatic carbocycles. The van der Waals surface area contributed by atoms with E-state index in [0.717, 1.165) is 44.5 Å². The van der Waals surface area contributed by atoms with Gasteiger partial charge in [0.05, 0.1) is 61.2 Å². The molecule has 8 aromatic rings. The van der Waals surface area contributed by atoms with E-state index in [4.69, 9.17) is 54.1 Å². The first-order chi connectivity index (χ1) is 52.8. The fourth-order valence-electron chi connectivity index (χ4n) is 13.2. The molecule has 0 aliphatic heterocycles. The zero-order valence-corrected chi connectivity index (χ0v) is 64.6. The number of ketones is 8. The number of rotatable bonds is 32. The fourth-order valence-corrected chi connectivity index (χ4v) is 15.4. The van der Waals surface area contributed by atoms with Crippen molar-refractivity contribution in [3.8, 4) is 0 Å². The molecule has 0 aromatic heterocycles. The normalized spacial score (nSPS) is 13.0. The molecular weight excluding hydrogens is 1440 g/mol. The highest BCUT2D eigenvalue weighted by atomic mass is 35.5. The predicted octanol–water partition coefficient (Wildman–Crippen LogP) is 16.1. The van der Waals surface area contributed by atoms with Crippen LogP contribution in [0.2, 0.25) is 10.0 Å². The molecule has 0 saturated carbocycles. The zero-order valence-electron chi connectivity index (χ0n) is 62.2. The SMILES string of the molecule is CCCCNc1cccc2c1C(=O)c1cccc(NCCCO)c1C2=O.O=C1c2cccc(Cl)c2C(=O)c2cccc(Cl)c21.O=C1c2cccc(NCCCO)c2C(=O)c2cccc(NCCCO)c21.[C-]#[N+]CCOP(OCCCNc1cccc2c1C(=O)c1cccc(NCCCC)c1C2=O)N(C(C)C)C(C)C. The van der Waals surface area contributed by atoms with Crippen molar-refractivity contribution in [3.05, 3.63) is 256 Å². The Labute approximate surface area is 647 Å². The lowest BCUT2D eigenvalue weighted by atomic mass is 9.82. The third-order valence-electron chi connectivity index (χ3n) is 18.3. The Hall–Kier alpha value is -9.82. The second-order valence-corrected chi connectivity index (χ2v) is 28.8. The third kappa shape index (κ3) is 19.4. The van der Waals surface area contributed by atoms with Crippen LogP contribution in [0.3, 0.4) is 0 Å². The van der Waals surface area contributed by atoms with E-state index in [9.17, 15) is 38.4 Å². The summed E-state index contributed by atoms with van der Waals surface area (Å²) >= 11 is 12.0. The highest BCUT2D eigenvalue weighted by Crippen LogP contribution is 2.46. The van der Waals surface area contributed by atoms with E-state index in [1.807, 2.05) is 36.4 Å². The first kappa shape index (κ1) is 83.2. The number of unbranched alkanes of at least 4 members (excludes halogenated alkanes) is 2. The highest BCUT2D eigenvalue weighted by Gasteiger charge is 2.38. The molecule has 21 nitrogen and oxygen atoms in total. The van der Waals surface area contributed by atoms with Gasteiger partial charge in [0.2, 0.25) is 6.54 Å². The number of benzene rings is 8. The smallest absolute Gasteiger partial charge is 0.259 e. The van der Waals surface area contributed by atoms with Gasteiger partial charge < -0.3 is 61.1 Å². The quantitative estimate of drug-likeness (QED) is 0.0108. The molecule has 0 bridgehead atoms. The van der Waals surface area contributed by atoms with E-state index in [2.05, 4.69) is 83.0 Å². The minimum Gasteiger partial charge on any atom is -0.396 e. The van der Waals surface area contributed by atoms with Crippen LogP contribution in [-0.2, 0) is 9.05 Å². The van der Waals surface area contributed by atoms with E-state index in [1.54, 1.807) is 109 Å². The van der Waals surface area contributed by atoms with Gasteiger partial charge in [-0.1, -0.05) is 147 Å². The molecule has 0 amide bonds. The van der Waals surface area contributed by atoms with Crippen molar-refractivity contribution in [2.45, 2.75) is 105 Å². The molecule has 0 fully saturated rings. The Bertz CT molecular complexity index is 4370. The number of carbonyl (C=O) groups is 8. The summed E-state index contributed by atoms with van der Waals surface area (Å²) in [6.07, 6.45) is 6.46. The number of hydrogen-bond donors (Lipinski definition) is 9. The van der Waals surface area contributed by atoms with Gasteiger partial charge in [0.1, 0.15) is 6.61 Å². The van der Waals surface area contributed by atoms with Crippen LogP contribution in [0.25, 0.3) is 4.85 Å². The number of aliphatic hydroxyl groups excluding tert-OH is 3. The van der Waals surface area contributed by atoms with E-state index >= 15 is 0 Å². The minimum absolute atomic E-state index is 0.0562. The predicted molar refractivity (Wildman–Crippen MR) is 432 cm³/mol. The van der Waals surface area contributed by atoms with Crippen molar-refractivity contribution in [2.24, 2.45) is 0 Å². The molecule has 570 valence electrons. The molecule has 24 heteroatoms. The first-order valence-electron chi connectivity index (χ1n) is 37.0. The average molecular weight is 1540 g/mol. The minimum atomic E-state index is -1.29. The summed E-state index contributed by atoms with van der Waals surface area (Å²) in [6, 6.07) is 42.0. The number of nitrogens with zero attached hydrogens (tertiary/aromatic N) is 2. The Morgan fingerprint density at radius 2 is 0.587 bits per heavy atom. The zero-order chi connectivity index (χ0) is 78.3. The van der Waals surface area contributed by atoms with Crippen LogP contribution < -0.4 is 31.9 Å². The second kappa shape index (κ2) is 40.6. The van der Waals surface area contributed by atoms with Crippen LogP contribution in [0.15, 0.2) is 146 Å². The number of fused-ring (bicyclic) bond motifs is 8. The fraction of sp³-hybridized carbons (Fsp3) is 0.329. The third-order valence-corrected chi connectivity index (χ3v) is 21.1. The molecular formula is C85H93Cl2N8O13P. The van der Waals surface area contributed by atoms with Gasteiger partial charge in [0.15, 0.2) is 46.3 Å². The lowest BCUT2D eigenvalue weighted by Gasteiger charge is -2.35. The maximum atomic E-state index is 13.6. The van der Waals surface area contributed by atoms with Gasteiger partial charge in [0, 0.05) is 150 Å².